The number of aliphatic carboxylic acids is 1. The SMILES string of the molecule is COc1cc(-n2c(C(C)C)c(C[C@@H](F)C(=O)O)c3cc4[nH]ncc4cc32)ccc1F. The Balaban J connectivity index is 2.09. The third-order valence-electron chi connectivity index (χ3n) is 5.26. The topological polar surface area (TPSA) is 80.1 Å². The Morgan fingerprint density at radius 1 is 1.30 bits per heavy atom. The summed E-state index contributed by atoms with van der Waals surface area (Å²) in [6.45, 7) is 3.91. The van der Waals surface area contributed by atoms with Gasteiger partial charge in [-0.05, 0) is 35.7 Å². The Kier molecular flexibility index (Phi) is 4.93. The molecule has 2 N–H and O–H groups in total. The summed E-state index contributed by atoms with van der Waals surface area (Å²) in [5, 5.41) is 17.7. The molecule has 0 unspecified atom stereocenters. The second kappa shape index (κ2) is 7.44. The highest BCUT2D eigenvalue weighted by atomic mass is 19.1. The molecule has 1 atom stereocenters. The van der Waals surface area contributed by atoms with Gasteiger partial charge < -0.3 is 14.4 Å². The molecule has 2 heterocycles. The van der Waals surface area contributed by atoms with Crippen LogP contribution in [0.4, 0.5) is 8.78 Å². The standard InChI is InChI=1S/C22H21F2N3O3/c1-11(2)21-15(8-17(24)22(28)29)14-9-18-12(10-25-26-18)6-19(14)27(21)13-4-5-16(23)20(7-13)30-3/h4-7,9-11,17H,8H2,1-3H3,(H,25,26)(H,28,29)/t17-/m1/s1. The van der Waals surface area contributed by atoms with E-state index < -0.39 is 18.0 Å². The third kappa shape index (κ3) is 3.18. The zero-order chi connectivity index (χ0) is 21.6. The Labute approximate surface area is 171 Å². The highest BCUT2D eigenvalue weighted by Crippen LogP contribution is 2.38. The number of carboxylic acids is 1. The van der Waals surface area contributed by atoms with E-state index in [0.717, 1.165) is 27.5 Å². The first-order valence-electron chi connectivity index (χ1n) is 9.53. The van der Waals surface area contributed by atoms with Gasteiger partial charge >= 0.3 is 5.97 Å². The Bertz CT molecular complexity index is 1260. The Morgan fingerprint density at radius 3 is 2.73 bits per heavy atom. The number of methoxy groups -OCH3 is 1. The number of halogens is 2. The van der Waals surface area contributed by atoms with Gasteiger partial charge in [-0.2, -0.15) is 5.10 Å². The van der Waals surface area contributed by atoms with Crippen LogP contribution < -0.4 is 4.74 Å². The molecule has 0 radical (unpaired) electrons. The lowest BCUT2D eigenvalue weighted by molar-refractivity contribution is -0.142. The molecule has 0 aliphatic heterocycles. The average Bonchev–Trinajstić information content (AvgIpc) is 3.28. The van der Waals surface area contributed by atoms with Gasteiger partial charge in [0.15, 0.2) is 11.6 Å². The number of fused-ring (bicyclic) bond motifs is 2. The lowest BCUT2D eigenvalue weighted by Crippen LogP contribution is -2.18. The minimum atomic E-state index is -2.04. The van der Waals surface area contributed by atoms with E-state index in [2.05, 4.69) is 10.2 Å². The predicted octanol–water partition coefficient (Wildman–Crippen LogP) is 4.74. The zero-order valence-electron chi connectivity index (χ0n) is 16.7. The molecule has 2 aromatic carbocycles. The number of carbonyl (C=O) groups is 1. The van der Waals surface area contributed by atoms with Crippen molar-refractivity contribution < 1.29 is 23.4 Å². The summed E-state index contributed by atoms with van der Waals surface area (Å²) in [6, 6.07) is 8.28. The van der Waals surface area contributed by atoms with Crippen LogP contribution in [0.3, 0.4) is 0 Å². The molecule has 156 valence electrons. The van der Waals surface area contributed by atoms with Gasteiger partial charge in [-0.15, -0.1) is 0 Å². The van der Waals surface area contributed by atoms with Gasteiger partial charge in [0.1, 0.15) is 0 Å². The van der Waals surface area contributed by atoms with Crippen molar-refractivity contribution in [3.8, 4) is 11.4 Å². The van der Waals surface area contributed by atoms with Crippen LogP contribution in [0.2, 0.25) is 0 Å². The summed E-state index contributed by atoms with van der Waals surface area (Å²) < 4.78 is 35.4. The maximum Gasteiger partial charge on any atom is 0.338 e. The fraction of sp³-hybridized carbons (Fsp3) is 0.273. The summed E-state index contributed by atoms with van der Waals surface area (Å²) in [5.41, 5.74) is 3.53. The van der Waals surface area contributed by atoms with Gasteiger partial charge in [0, 0.05) is 34.6 Å². The molecule has 0 saturated carbocycles. The minimum Gasteiger partial charge on any atom is -0.494 e. The first-order chi connectivity index (χ1) is 14.3. The number of nitrogens with one attached hydrogen (secondary N) is 1. The number of H-pyrrole nitrogens is 1. The van der Waals surface area contributed by atoms with Crippen LogP contribution in [-0.4, -0.2) is 39.1 Å². The van der Waals surface area contributed by atoms with E-state index in [4.69, 9.17) is 9.84 Å². The van der Waals surface area contributed by atoms with E-state index in [-0.39, 0.29) is 18.1 Å². The fourth-order valence-electron chi connectivity index (χ4n) is 3.96. The molecular weight excluding hydrogens is 392 g/mol. The first-order valence-corrected chi connectivity index (χ1v) is 9.53. The maximum atomic E-state index is 14.3. The van der Waals surface area contributed by atoms with Gasteiger partial charge in [0.25, 0.3) is 0 Å². The molecule has 2 aromatic heterocycles. The third-order valence-corrected chi connectivity index (χ3v) is 5.26. The quantitative estimate of drug-likeness (QED) is 0.478. The fourth-order valence-corrected chi connectivity index (χ4v) is 3.96. The van der Waals surface area contributed by atoms with Crippen LogP contribution in [0.15, 0.2) is 36.5 Å². The lowest BCUT2D eigenvalue weighted by atomic mass is 9.98. The molecule has 0 fully saturated rings. The van der Waals surface area contributed by atoms with E-state index >= 15 is 0 Å². The van der Waals surface area contributed by atoms with E-state index in [9.17, 15) is 13.6 Å². The van der Waals surface area contributed by atoms with Crippen molar-refractivity contribution in [1.29, 1.82) is 0 Å². The highest BCUT2D eigenvalue weighted by molar-refractivity contribution is 5.99. The second-order valence-corrected chi connectivity index (χ2v) is 7.51. The molecule has 8 heteroatoms. The molecule has 6 nitrogen and oxygen atoms in total. The smallest absolute Gasteiger partial charge is 0.338 e. The zero-order valence-corrected chi connectivity index (χ0v) is 16.7. The van der Waals surface area contributed by atoms with Crippen molar-refractivity contribution >= 4 is 27.8 Å². The molecule has 0 amide bonds. The number of aromatic nitrogens is 3. The summed E-state index contributed by atoms with van der Waals surface area (Å²) in [4.78, 5) is 11.2. The van der Waals surface area contributed by atoms with E-state index in [1.165, 1.54) is 13.2 Å². The molecule has 0 bridgehead atoms. The van der Waals surface area contributed by atoms with Crippen molar-refractivity contribution in [3.63, 3.8) is 0 Å². The van der Waals surface area contributed by atoms with Crippen LogP contribution in [-0.2, 0) is 11.2 Å². The van der Waals surface area contributed by atoms with Gasteiger partial charge in [0.05, 0.1) is 24.3 Å². The molecular formula is C22H21F2N3O3. The van der Waals surface area contributed by atoms with Crippen LogP contribution in [0, 0.1) is 5.82 Å². The highest BCUT2D eigenvalue weighted by Gasteiger charge is 2.26. The normalized spacial score (nSPS) is 12.7. The number of alkyl halides is 1. The van der Waals surface area contributed by atoms with Gasteiger partial charge in [0.2, 0.25) is 6.17 Å². The summed E-state index contributed by atoms with van der Waals surface area (Å²) >= 11 is 0. The van der Waals surface area contributed by atoms with Crippen molar-refractivity contribution in [2.75, 3.05) is 7.11 Å². The van der Waals surface area contributed by atoms with E-state index in [0.29, 0.717) is 11.3 Å². The summed E-state index contributed by atoms with van der Waals surface area (Å²) in [6.07, 6.45) is -0.632. The lowest BCUT2D eigenvalue weighted by Gasteiger charge is -2.17. The molecule has 0 saturated heterocycles. The van der Waals surface area contributed by atoms with Crippen molar-refractivity contribution in [3.05, 3.63) is 53.6 Å². The van der Waals surface area contributed by atoms with Crippen molar-refractivity contribution in [2.24, 2.45) is 0 Å². The minimum absolute atomic E-state index is 0.0547. The van der Waals surface area contributed by atoms with Crippen LogP contribution in [0.5, 0.6) is 5.75 Å². The molecule has 4 aromatic rings. The molecule has 0 aliphatic carbocycles. The average molecular weight is 413 g/mol. The van der Waals surface area contributed by atoms with E-state index in [1.54, 1.807) is 18.3 Å². The van der Waals surface area contributed by atoms with Gasteiger partial charge in [-0.3, -0.25) is 5.10 Å². The van der Waals surface area contributed by atoms with Crippen molar-refractivity contribution in [1.82, 2.24) is 14.8 Å². The second-order valence-electron chi connectivity index (χ2n) is 7.51. The number of carboxylic acid groups (broad SMARTS) is 1. The first kappa shape index (κ1) is 19.9. The number of aromatic amines is 1. The number of hydrogen-bond acceptors (Lipinski definition) is 3. The van der Waals surface area contributed by atoms with Crippen LogP contribution >= 0.6 is 0 Å². The molecule has 4 rings (SSSR count). The van der Waals surface area contributed by atoms with Crippen LogP contribution in [0.25, 0.3) is 27.5 Å². The van der Waals surface area contributed by atoms with Gasteiger partial charge in [-0.25, -0.2) is 13.6 Å². The number of rotatable bonds is 6. The number of hydrogen-bond donors (Lipinski definition) is 2. The van der Waals surface area contributed by atoms with Crippen LogP contribution in [0.1, 0.15) is 31.0 Å². The van der Waals surface area contributed by atoms with E-state index in [1.807, 2.05) is 30.5 Å². The monoisotopic (exact) mass is 413 g/mol. The number of ether oxygens (including phenoxy) is 1. The molecule has 0 aliphatic rings. The van der Waals surface area contributed by atoms with Crippen molar-refractivity contribution in [2.45, 2.75) is 32.4 Å². The number of nitrogens with zero attached hydrogens (tertiary/aromatic N) is 2. The van der Waals surface area contributed by atoms with Gasteiger partial charge in [-0.1, -0.05) is 13.8 Å². The largest absolute Gasteiger partial charge is 0.494 e. The Hall–Kier alpha value is -3.42. The molecule has 30 heavy (non-hydrogen) atoms. The summed E-state index contributed by atoms with van der Waals surface area (Å²) in [7, 11) is 1.39. The summed E-state index contributed by atoms with van der Waals surface area (Å²) in [5.74, 6) is -1.96. The molecule has 0 spiro atoms. The maximum absolute atomic E-state index is 14.3. The predicted molar refractivity (Wildman–Crippen MR) is 110 cm³/mol. The number of benzene rings is 2. The Morgan fingerprint density at radius 2 is 2.07 bits per heavy atom.